The van der Waals surface area contributed by atoms with Gasteiger partial charge in [-0.2, -0.15) is 5.10 Å². The zero-order valence-electron chi connectivity index (χ0n) is 13.2. The maximum Gasteiger partial charge on any atom is 0.277 e. The number of pyridine rings is 1. The van der Waals surface area contributed by atoms with E-state index in [4.69, 9.17) is 23.2 Å². The average Bonchev–Trinajstić information content (AvgIpc) is 2.62. The first kappa shape index (κ1) is 17.9. The van der Waals surface area contributed by atoms with E-state index in [2.05, 4.69) is 20.5 Å². The van der Waals surface area contributed by atoms with Gasteiger partial charge in [0.25, 0.3) is 11.5 Å². The minimum absolute atomic E-state index is 0.109. The number of nitrogens with zero attached hydrogens (tertiary/aromatic N) is 1. The number of rotatable bonds is 4. The molecule has 7 nitrogen and oxygen atoms in total. The van der Waals surface area contributed by atoms with E-state index < -0.39 is 11.5 Å². The Hall–Kier alpha value is -2.90. The Bertz CT molecular complexity index is 1090. The number of nitrogens with one attached hydrogen (secondary N) is 3. The zero-order valence-corrected chi connectivity index (χ0v) is 14.7. The van der Waals surface area contributed by atoms with Gasteiger partial charge in [-0.1, -0.05) is 29.3 Å². The van der Waals surface area contributed by atoms with Crippen molar-refractivity contribution in [2.24, 2.45) is 0 Å². The van der Waals surface area contributed by atoms with Crippen molar-refractivity contribution in [2.45, 2.75) is 6.54 Å². The molecule has 0 aliphatic rings. The van der Waals surface area contributed by atoms with E-state index in [9.17, 15) is 14.4 Å². The van der Waals surface area contributed by atoms with Crippen molar-refractivity contribution in [1.82, 2.24) is 20.5 Å². The Morgan fingerprint density at radius 1 is 1.15 bits per heavy atom. The van der Waals surface area contributed by atoms with Crippen molar-refractivity contribution in [3.63, 3.8) is 0 Å². The van der Waals surface area contributed by atoms with Crippen LogP contribution in [-0.4, -0.2) is 21.1 Å². The Labute approximate surface area is 157 Å². The molecular formula is C17H12Cl2N4O3. The number of hydrogen-bond donors (Lipinski definition) is 3. The maximum atomic E-state index is 12.4. The summed E-state index contributed by atoms with van der Waals surface area (Å²) in [5.41, 5.74) is -0.0546. The molecule has 3 N–H and O–H groups in total. The number of aromatic amines is 2. The second-order valence-corrected chi connectivity index (χ2v) is 6.18. The number of halogens is 2. The summed E-state index contributed by atoms with van der Waals surface area (Å²) < 4.78 is 0. The number of hydrogen-bond acceptors (Lipinski definition) is 4. The molecule has 2 heterocycles. The molecule has 0 fully saturated rings. The first-order chi connectivity index (χ1) is 12.5. The summed E-state index contributed by atoms with van der Waals surface area (Å²) in [6.45, 7) is 0.109. The van der Waals surface area contributed by atoms with E-state index in [1.54, 1.807) is 18.2 Å². The van der Waals surface area contributed by atoms with Gasteiger partial charge in [0.15, 0.2) is 5.43 Å². The molecule has 0 spiro atoms. The van der Waals surface area contributed by atoms with Crippen molar-refractivity contribution >= 4 is 29.1 Å². The number of carbonyl (C=O) groups excluding carboxylic acids is 1. The fourth-order valence-electron chi connectivity index (χ4n) is 2.26. The van der Waals surface area contributed by atoms with Gasteiger partial charge in [0.05, 0.1) is 11.3 Å². The van der Waals surface area contributed by atoms with E-state index in [0.717, 1.165) is 0 Å². The molecule has 0 unspecified atom stereocenters. The summed E-state index contributed by atoms with van der Waals surface area (Å²) in [6.07, 6.45) is 2.92. The highest BCUT2D eigenvalue weighted by atomic mass is 35.5. The number of aromatic nitrogens is 3. The normalized spacial score (nSPS) is 10.5. The summed E-state index contributed by atoms with van der Waals surface area (Å²) in [4.78, 5) is 39.0. The van der Waals surface area contributed by atoms with Gasteiger partial charge in [-0.25, -0.2) is 5.10 Å². The van der Waals surface area contributed by atoms with Gasteiger partial charge in [-0.05, 0) is 23.8 Å². The third kappa shape index (κ3) is 3.84. The predicted octanol–water partition coefficient (Wildman–Crippen LogP) is 2.36. The molecule has 1 aromatic carbocycles. The molecule has 0 saturated heterocycles. The Kier molecular flexibility index (Phi) is 5.20. The SMILES string of the molecule is O=C(NCc1ccc(Cl)cc1Cl)c1cc(-c2c[nH]ccc2=O)n[nH]c1=O. The second-order valence-electron chi connectivity index (χ2n) is 5.34. The van der Waals surface area contributed by atoms with Gasteiger partial charge in [-0.3, -0.25) is 14.4 Å². The first-order valence-corrected chi connectivity index (χ1v) is 8.20. The lowest BCUT2D eigenvalue weighted by Gasteiger charge is -2.08. The topological polar surface area (TPSA) is 108 Å². The predicted molar refractivity (Wildman–Crippen MR) is 98.5 cm³/mol. The van der Waals surface area contributed by atoms with Crippen LogP contribution in [0, 0.1) is 0 Å². The van der Waals surface area contributed by atoms with Crippen LogP contribution >= 0.6 is 23.2 Å². The lowest BCUT2D eigenvalue weighted by Crippen LogP contribution is -2.30. The third-order valence-electron chi connectivity index (χ3n) is 3.60. The molecule has 3 aromatic rings. The van der Waals surface area contributed by atoms with Crippen molar-refractivity contribution in [1.29, 1.82) is 0 Å². The van der Waals surface area contributed by atoms with Crippen LogP contribution in [0.4, 0.5) is 0 Å². The summed E-state index contributed by atoms with van der Waals surface area (Å²) in [7, 11) is 0. The summed E-state index contributed by atoms with van der Waals surface area (Å²) >= 11 is 11.9. The number of benzene rings is 1. The van der Waals surface area contributed by atoms with Gasteiger partial charge < -0.3 is 10.3 Å². The van der Waals surface area contributed by atoms with Crippen LogP contribution in [0.5, 0.6) is 0 Å². The molecule has 0 saturated carbocycles. The summed E-state index contributed by atoms with van der Waals surface area (Å²) in [5.74, 6) is -0.617. The Balaban J connectivity index is 1.85. The molecule has 0 bridgehead atoms. The molecule has 2 aromatic heterocycles. The van der Waals surface area contributed by atoms with Crippen LogP contribution in [0.1, 0.15) is 15.9 Å². The molecule has 0 radical (unpaired) electrons. The second kappa shape index (κ2) is 7.55. The van der Waals surface area contributed by atoms with Crippen LogP contribution < -0.4 is 16.3 Å². The average molecular weight is 391 g/mol. The summed E-state index contributed by atoms with van der Waals surface area (Å²) in [5, 5.41) is 9.54. The van der Waals surface area contributed by atoms with E-state index in [1.807, 2.05) is 0 Å². The van der Waals surface area contributed by atoms with E-state index in [0.29, 0.717) is 15.6 Å². The maximum absolute atomic E-state index is 12.4. The standard InChI is InChI=1S/C17H12Cl2N4O3/c18-10-2-1-9(13(19)5-10)7-21-16(25)11-6-14(22-23-17(11)26)12-8-20-4-3-15(12)24/h1-6,8H,7H2,(H,20,24)(H,21,25)(H,23,26). The highest BCUT2D eigenvalue weighted by Crippen LogP contribution is 2.20. The van der Waals surface area contributed by atoms with E-state index in [-0.39, 0.29) is 28.8 Å². The molecule has 9 heteroatoms. The number of amides is 1. The highest BCUT2D eigenvalue weighted by Gasteiger charge is 2.15. The lowest BCUT2D eigenvalue weighted by molar-refractivity contribution is 0.0949. The minimum Gasteiger partial charge on any atom is -0.367 e. The van der Waals surface area contributed by atoms with Crippen LogP contribution in [0.3, 0.4) is 0 Å². The smallest absolute Gasteiger partial charge is 0.277 e. The van der Waals surface area contributed by atoms with Crippen molar-refractivity contribution in [3.8, 4) is 11.3 Å². The van der Waals surface area contributed by atoms with Gasteiger partial charge in [0.1, 0.15) is 5.56 Å². The lowest BCUT2D eigenvalue weighted by atomic mass is 10.1. The van der Waals surface area contributed by atoms with Gasteiger partial charge in [0.2, 0.25) is 0 Å². The quantitative estimate of drug-likeness (QED) is 0.635. The first-order valence-electron chi connectivity index (χ1n) is 7.45. The molecule has 0 aliphatic heterocycles. The highest BCUT2D eigenvalue weighted by molar-refractivity contribution is 6.35. The monoisotopic (exact) mass is 390 g/mol. The van der Waals surface area contributed by atoms with Crippen molar-refractivity contribution in [2.75, 3.05) is 0 Å². The van der Waals surface area contributed by atoms with Crippen LogP contribution in [-0.2, 0) is 6.54 Å². The Morgan fingerprint density at radius 3 is 2.69 bits per heavy atom. The molecule has 0 aliphatic carbocycles. The van der Waals surface area contributed by atoms with E-state index >= 15 is 0 Å². The summed E-state index contributed by atoms with van der Waals surface area (Å²) in [6, 6.07) is 7.47. The van der Waals surface area contributed by atoms with Crippen molar-refractivity contribution < 1.29 is 4.79 Å². The van der Waals surface area contributed by atoms with Crippen LogP contribution in [0.25, 0.3) is 11.3 Å². The van der Waals surface area contributed by atoms with Crippen LogP contribution in [0.2, 0.25) is 10.0 Å². The Morgan fingerprint density at radius 2 is 1.96 bits per heavy atom. The van der Waals surface area contributed by atoms with Crippen LogP contribution in [0.15, 0.2) is 52.3 Å². The molecular weight excluding hydrogens is 379 g/mol. The fraction of sp³-hybridized carbons (Fsp3) is 0.0588. The van der Waals surface area contributed by atoms with Gasteiger partial charge in [0, 0.05) is 35.1 Å². The number of carbonyl (C=O) groups is 1. The van der Waals surface area contributed by atoms with Gasteiger partial charge >= 0.3 is 0 Å². The van der Waals surface area contributed by atoms with Gasteiger partial charge in [-0.15, -0.1) is 0 Å². The number of H-pyrrole nitrogens is 2. The molecule has 1 amide bonds. The third-order valence-corrected chi connectivity index (χ3v) is 4.19. The minimum atomic E-state index is -0.666. The van der Waals surface area contributed by atoms with Crippen molar-refractivity contribution in [3.05, 3.63) is 84.5 Å². The largest absolute Gasteiger partial charge is 0.367 e. The molecule has 26 heavy (non-hydrogen) atoms. The molecule has 0 atom stereocenters. The molecule has 3 rings (SSSR count). The van der Waals surface area contributed by atoms with E-state index in [1.165, 1.54) is 24.5 Å². The fourth-order valence-corrected chi connectivity index (χ4v) is 2.74. The molecule has 132 valence electrons. The zero-order chi connectivity index (χ0) is 18.7.